The van der Waals surface area contributed by atoms with Gasteiger partial charge in [-0.3, -0.25) is 4.98 Å². The SMILES string of the molecule is Cc1cccc(-c2nc3c(-c4cccc(-c5ccccn5)c4)cc([Si](C)(C)C)cc3n2C)c1O. The summed E-state index contributed by atoms with van der Waals surface area (Å²) in [5.74, 6) is 1.05. The number of aryl methyl sites for hydroxylation is 2. The fraction of sp³-hybridized carbons (Fsp3) is 0.172. The molecule has 34 heavy (non-hydrogen) atoms. The molecule has 0 spiro atoms. The Balaban J connectivity index is 1.79. The van der Waals surface area contributed by atoms with Crippen molar-refractivity contribution in [3.8, 4) is 39.5 Å². The minimum Gasteiger partial charge on any atom is -0.507 e. The van der Waals surface area contributed by atoms with Gasteiger partial charge in [0.1, 0.15) is 11.6 Å². The number of pyridine rings is 1. The lowest BCUT2D eigenvalue weighted by molar-refractivity contribution is 0.472. The molecule has 4 nitrogen and oxygen atoms in total. The van der Waals surface area contributed by atoms with Crippen LogP contribution in [0.4, 0.5) is 0 Å². The van der Waals surface area contributed by atoms with Gasteiger partial charge >= 0.3 is 0 Å². The van der Waals surface area contributed by atoms with Gasteiger partial charge in [0, 0.05) is 24.4 Å². The second-order valence-corrected chi connectivity index (χ2v) is 15.0. The van der Waals surface area contributed by atoms with E-state index in [1.807, 2.05) is 56.6 Å². The average molecular weight is 464 g/mol. The molecule has 0 aliphatic heterocycles. The van der Waals surface area contributed by atoms with E-state index >= 15 is 0 Å². The van der Waals surface area contributed by atoms with E-state index in [-0.39, 0.29) is 5.75 Å². The Morgan fingerprint density at radius 1 is 0.824 bits per heavy atom. The number of benzene rings is 3. The normalized spacial score (nSPS) is 11.8. The molecule has 0 aliphatic carbocycles. The summed E-state index contributed by atoms with van der Waals surface area (Å²) in [6, 6.07) is 24.9. The molecule has 0 unspecified atom stereocenters. The molecule has 5 aromatic rings. The number of aromatic nitrogens is 3. The van der Waals surface area contributed by atoms with Crippen LogP contribution >= 0.6 is 0 Å². The minimum absolute atomic E-state index is 0.282. The van der Waals surface area contributed by atoms with Crippen LogP contribution in [0.15, 0.2) is 79.0 Å². The quantitative estimate of drug-likeness (QED) is 0.308. The molecule has 0 saturated carbocycles. The first-order chi connectivity index (χ1) is 16.2. The van der Waals surface area contributed by atoms with Crippen LogP contribution in [-0.4, -0.2) is 27.7 Å². The maximum absolute atomic E-state index is 10.8. The van der Waals surface area contributed by atoms with Crippen LogP contribution < -0.4 is 5.19 Å². The second-order valence-electron chi connectivity index (χ2n) is 9.90. The predicted octanol–water partition coefficient (Wildman–Crippen LogP) is 6.53. The number of para-hydroxylation sites is 1. The topological polar surface area (TPSA) is 50.9 Å². The Hall–Kier alpha value is -3.70. The Morgan fingerprint density at radius 2 is 1.59 bits per heavy atom. The number of phenolic OH excluding ortho intramolecular Hbond substituents is 1. The molecule has 170 valence electrons. The maximum Gasteiger partial charge on any atom is 0.144 e. The fourth-order valence-electron chi connectivity index (χ4n) is 4.40. The summed E-state index contributed by atoms with van der Waals surface area (Å²) in [5, 5.41) is 12.2. The number of phenols is 1. The average Bonchev–Trinajstić information content (AvgIpc) is 3.16. The van der Waals surface area contributed by atoms with E-state index < -0.39 is 8.07 Å². The van der Waals surface area contributed by atoms with Crippen LogP contribution in [0.1, 0.15) is 5.56 Å². The van der Waals surface area contributed by atoms with Crippen LogP contribution in [-0.2, 0) is 7.05 Å². The fourth-order valence-corrected chi connectivity index (χ4v) is 5.55. The zero-order valence-corrected chi connectivity index (χ0v) is 21.3. The first kappa shape index (κ1) is 22.1. The maximum atomic E-state index is 10.8. The molecule has 0 amide bonds. The summed E-state index contributed by atoms with van der Waals surface area (Å²) >= 11 is 0. The van der Waals surface area contributed by atoms with Crippen LogP contribution in [0.25, 0.3) is 44.8 Å². The molecular weight excluding hydrogens is 434 g/mol. The largest absolute Gasteiger partial charge is 0.507 e. The molecule has 5 rings (SSSR count). The zero-order valence-electron chi connectivity index (χ0n) is 20.3. The molecule has 0 saturated heterocycles. The molecule has 0 radical (unpaired) electrons. The molecule has 5 heteroatoms. The van der Waals surface area contributed by atoms with Gasteiger partial charge < -0.3 is 9.67 Å². The van der Waals surface area contributed by atoms with Gasteiger partial charge in [0.2, 0.25) is 0 Å². The highest BCUT2D eigenvalue weighted by molar-refractivity contribution is 6.88. The summed E-state index contributed by atoms with van der Waals surface area (Å²) in [4.78, 5) is 9.63. The summed E-state index contributed by atoms with van der Waals surface area (Å²) in [7, 11) is 0.428. The van der Waals surface area contributed by atoms with E-state index in [9.17, 15) is 5.11 Å². The van der Waals surface area contributed by atoms with Crippen molar-refractivity contribution in [3.05, 3.63) is 84.6 Å². The van der Waals surface area contributed by atoms with Gasteiger partial charge in [-0.2, -0.15) is 0 Å². The summed E-state index contributed by atoms with van der Waals surface area (Å²) < 4.78 is 2.11. The monoisotopic (exact) mass is 463 g/mol. The van der Waals surface area contributed by atoms with E-state index in [2.05, 4.69) is 65.6 Å². The molecule has 1 N–H and O–H groups in total. The van der Waals surface area contributed by atoms with E-state index in [1.165, 1.54) is 5.19 Å². The van der Waals surface area contributed by atoms with Crippen molar-refractivity contribution in [2.24, 2.45) is 7.05 Å². The van der Waals surface area contributed by atoms with E-state index in [0.29, 0.717) is 0 Å². The van der Waals surface area contributed by atoms with Gasteiger partial charge in [0.05, 0.1) is 30.4 Å². The standard InChI is InChI=1S/C29H29N3OSi/c1-19-10-8-13-23(28(19)33)29-31-27-24(17-22(34(3,4)5)18-26(27)32(29)2)20-11-9-12-21(16-20)25-14-6-7-15-30-25/h6-18,33H,1-5H3. The molecule has 0 fully saturated rings. The first-order valence-corrected chi connectivity index (χ1v) is 15.1. The molecule has 2 aromatic heterocycles. The predicted molar refractivity (Wildman–Crippen MR) is 144 cm³/mol. The van der Waals surface area contributed by atoms with Crippen LogP contribution in [0.2, 0.25) is 19.6 Å². The van der Waals surface area contributed by atoms with Crippen molar-refractivity contribution in [2.45, 2.75) is 26.6 Å². The molecule has 0 aliphatic rings. The Bertz CT molecular complexity index is 1510. The summed E-state index contributed by atoms with van der Waals surface area (Å²) in [5.41, 5.74) is 7.88. The minimum atomic E-state index is -1.61. The number of hydrogen-bond donors (Lipinski definition) is 1. The molecule has 2 heterocycles. The third kappa shape index (κ3) is 3.82. The van der Waals surface area contributed by atoms with E-state index in [1.54, 1.807) is 0 Å². The van der Waals surface area contributed by atoms with Gasteiger partial charge in [-0.25, -0.2) is 4.98 Å². The van der Waals surface area contributed by atoms with Gasteiger partial charge in [-0.1, -0.05) is 67.3 Å². The van der Waals surface area contributed by atoms with Gasteiger partial charge in [-0.15, -0.1) is 0 Å². The van der Waals surface area contributed by atoms with Crippen molar-refractivity contribution in [3.63, 3.8) is 0 Å². The first-order valence-electron chi connectivity index (χ1n) is 11.6. The van der Waals surface area contributed by atoms with Crippen LogP contribution in [0.3, 0.4) is 0 Å². The number of nitrogens with zero attached hydrogens (tertiary/aromatic N) is 3. The van der Waals surface area contributed by atoms with Gasteiger partial charge in [-0.05, 0) is 48.4 Å². The third-order valence-electron chi connectivity index (χ3n) is 6.47. The number of fused-ring (bicyclic) bond motifs is 1. The molecular formula is C29H29N3OSi. The van der Waals surface area contributed by atoms with Crippen molar-refractivity contribution in [1.82, 2.24) is 14.5 Å². The smallest absolute Gasteiger partial charge is 0.144 e. The van der Waals surface area contributed by atoms with Crippen molar-refractivity contribution >= 4 is 24.3 Å². The van der Waals surface area contributed by atoms with Crippen LogP contribution in [0.5, 0.6) is 5.75 Å². The highest BCUT2D eigenvalue weighted by Gasteiger charge is 2.23. The van der Waals surface area contributed by atoms with Gasteiger partial charge in [0.25, 0.3) is 0 Å². The highest BCUT2D eigenvalue weighted by atomic mass is 28.3. The van der Waals surface area contributed by atoms with Crippen molar-refractivity contribution in [1.29, 1.82) is 0 Å². The molecule has 0 bridgehead atoms. The second kappa shape index (κ2) is 8.26. The van der Waals surface area contributed by atoms with Crippen LogP contribution in [0, 0.1) is 6.92 Å². The summed E-state index contributed by atoms with van der Waals surface area (Å²) in [6.45, 7) is 9.02. The number of hydrogen-bond acceptors (Lipinski definition) is 3. The Kier molecular flexibility index (Phi) is 5.37. The molecule has 0 atom stereocenters. The Labute approximate surface area is 201 Å². The van der Waals surface area contributed by atoms with E-state index in [4.69, 9.17) is 4.98 Å². The Morgan fingerprint density at radius 3 is 2.32 bits per heavy atom. The molecule has 3 aromatic carbocycles. The van der Waals surface area contributed by atoms with Gasteiger partial charge in [0.15, 0.2) is 0 Å². The number of aromatic hydroxyl groups is 1. The highest BCUT2D eigenvalue weighted by Crippen LogP contribution is 2.36. The number of imidazole rings is 1. The van der Waals surface area contributed by atoms with E-state index in [0.717, 1.165) is 50.4 Å². The van der Waals surface area contributed by atoms with Crippen molar-refractivity contribution in [2.75, 3.05) is 0 Å². The lowest BCUT2D eigenvalue weighted by Gasteiger charge is -2.19. The lowest BCUT2D eigenvalue weighted by atomic mass is 10.0. The van der Waals surface area contributed by atoms with Crippen molar-refractivity contribution < 1.29 is 5.11 Å². The number of rotatable bonds is 4. The third-order valence-corrected chi connectivity index (χ3v) is 8.49. The summed E-state index contributed by atoms with van der Waals surface area (Å²) in [6.07, 6.45) is 1.82. The zero-order chi connectivity index (χ0) is 24.0. The lowest BCUT2D eigenvalue weighted by Crippen LogP contribution is -2.37.